The van der Waals surface area contributed by atoms with E-state index >= 15 is 0 Å². The normalized spacial score (nSPS) is 11.0. The molecule has 0 aromatic heterocycles. The first-order valence-corrected chi connectivity index (χ1v) is 3.82. The van der Waals surface area contributed by atoms with Gasteiger partial charge in [-0.2, -0.15) is 0 Å². The van der Waals surface area contributed by atoms with Crippen LogP contribution in [-0.4, -0.2) is 22.2 Å². The minimum Gasteiger partial charge on any atom is -0.478 e. The molecule has 0 amide bonds. The number of carbonyl (C=O) groups is 2. The molecule has 0 saturated carbocycles. The van der Waals surface area contributed by atoms with E-state index in [4.69, 9.17) is 10.2 Å². The molecule has 0 aliphatic rings. The third-order valence-corrected chi connectivity index (χ3v) is 1.55. The molecule has 0 spiro atoms. The topological polar surface area (TPSA) is 74.6 Å². The van der Waals surface area contributed by atoms with Crippen molar-refractivity contribution in [2.75, 3.05) is 0 Å². The van der Waals surface area contributed by atoms with Gasteiger partial charge in [0.15, 0.2) is 0 Å². The van der Waals surface area contributed by atoms with E-state index < -0.39 is 11.9 Å². The van der Waals surface area contributed by atoms with Gasteiger partial charge in [0.1, 0.15) is 0 Å². The summed E-state index contributed by atoms with van der Waals surface area (Å²) in [6.07, 6.45) is 1.83. The summed E-state index contributed by atoms with van der Waals surface area (Å²) >= 11 is 0. The second-order valence-corrected chi connectivity index (χ2v) is 2.50. The molecule has 72 valence electrons. The van der Waals surface area contributed by atoms with Gasteiger partial charge in [-0.25, -0.2) is 9.59 Å². The molecule has 0 aromatic rings. The van der Waals surface area contributed by atoms with Crippen molar-refractivity contribution in [3.63, 3.8) is 0 Å². The lowest BCUT2D eigenvalue weighted by Gasteiger charge is -1.97. The highest BCUT2D eigenvalue weighted by Gasteiger charge is 2.06. The first-order valence-electron chi connectivity index (χ1n) is 3.82. The summed E-state index contributed by atoms with van der Waals surface area (Å²) in [4.78, 5) is 20.8. The summed E-state index contributed by atoms with van der Waals surface area (Å²) in [6, 6.07) is 0. The lowest BCUT2D eigenvalue weighted by molar-refractivity contribution is -0.134. The number of aliphatic carboxylic acids is 2. The number of hydrogen-bond acceptors (Lipinski definition) is 2. The molecule has 0 radical (unpaired) electrons. The fraction of sp³-hybridized carbons (Fsp3) is 0.333. The molecule has 0 aromatic carbocycles. The predicted octanol–water partition coefficient (Wildman–Crippen LogP) is 1.44. The van der Waals surface area contributed by atoms with Gasteiger partial charge in [0.25, 0.3) is 0 Å². The van der Waals surface area contributed by atoms with Gasteiger partial charge < -0.3 is 10.2 Å². The van der Waals surface area contributed by atoms with E-state index in [1.165, 1.54) is 6.08 Å². The number of allylic oxidation sites excluding steroid dienone is 1. The van der Waals surface area contributed by atoms with E-state index in [1.807, 2.05) is 0 Å². The average Bonchev–Trinajstić information content (AvgIpc) is 2.04. The molecule has 13 heavy (non-hydrogen) atoms. The number of hydrogen-bond donors (Lipinski definition) is 2. The maximum absolute atomic E-state index is 10.5. The Balaban J connectivity index is 4.31. The maximum atomic E-state index is 10.5. The molecule has 2 N–H and O–H groups in total. The van der Waals surface area contributed by atoms with Crippen LogP contribution in [0.1, 0.15) is 19.8 Å². The highest BCUT2D eigenvalue weighted by atomic mass is 16.4. The molecule has 4 heteroatoms. The second-order valence-electron chi connectivity index (χ2n) is 2.50. The van der Waals surface area contributed by atoms with E-state index in [1.54, 1.807) is 6.92 Å². The van der Waals surface area contributed by atoms with Gasteiger partial charge in [0.05, 0.1) is 0 Å². The van der Waals surface area contributed by atoms with Gasteiger partial charge in [-0.15, -0.1) is 0 Å². The number of carboxylic acid groups (broad SMARTS) is 2. The van der Waals surface area contributed by atoms with Crippen LogP contribution in [0.15, 0.2) is 23.8 Å². The van der Waals surface area contributed by atoms with Crippen LogP contribution in [-0.2, 0) is 9.59 Å². The largest absolute Gasteiger partial charge is 0.478 e. The molecule has 0 bridgehead atoms. The molecule has 0 aliphatic heterocycles. The van der Waals surface area contributed by atoms with Gasteiger partial charge in [-0.1, -0.05) is 19.6 Å². The number of rotatable bonds is 5. The third kappa shape index (κ3) is 4.10. The zero-order valence-corrected chi connectivity index (χ0v) is 7.41. The summed E-state index contributed by atoms with van der Waals surface area (Å²) < 4.78 is 0. The smallest absolute Gasteiger partial charge is 0.331 e. The Morgan fingerprint density at radius 1 is 1.31 bits per heavy atom. The van der Waals surface area contributed by atoms with E-state index in [9.17, 15) is 9.59 Å². The molecular weight excluding hydrogens is 172 g/mol. The molecule has 0 heterocycles. The van der Waals surface area contributed by atoms with Crippen LogP contribution in [0.4, 0.5) is 0 Å². The van der Waals surface area contributed by atoms with Crippen LogP contribution in [0.5, 0.6) is 0 Å². The summed E-state index contributed by atoms with van der Waals surface area (Å²) in [5.41, 5.74) is 0.203. The van der Waals surface area contributed by atoms with Gasteiger partial charge in [-0.05, 0) is 12.8 Å². The highest BCUT2D eigenvalue weighted by molar-refractivity contribution is 5.88. The van der Waals surface area contributed by atoms with Crippen molar-refractivity contribution < 1.29 is 19.8 Å². The Kier molecular flexibility index (Phi) is 4.51. The van der Waals surface area contributed by atoms with Crippen molar-refractivity contribution in [2.45, 2.75) is 19.8 Å². The first-order chi connectivity index (χ1) is 5.99. The van der Waals surface area contributed by atoms with Crippen LogP contribution < -0.4 is 0 Å². The van der Waals surface area contributed by atoms with Crippen LogP contribution in [0.2, 0.25) is 0 Å². The van der Waals surface area contributed by atoms with E-state index in [-0.39, 0.29) is 17.6 Å². The monoisotopic (exact) mass is 184 g/mol. The average molecular weight is 184 g/mol. The van der Waals surface area contributed by atoms with Crippen molar-refractivity contribution in [1.82, 2.24) is 0 Å². The third-order valence-electron chi connectivity index (χ3n) is 1.55. The Labute approximate surface area is 76.2 Å². The fourth-order valence-electron chi connectivity index (χ4n) is 0.717. The summed E-state index contributed by atoms with van der Waals surface area (Å²) in [5, 5.41) is 17.0. The minimum absolute atomic E-state index is 0.00722. The summed E-state index contributed by atoms with van der Waals surface area (Å²) in [6.45, 7) is 4.98. The van der Waals surface area contributed by atoms with E-state index in [0.29, 0.717) is 6.42 Å². The number of carboxylic acids is 2. The standard InChI is InChI=1S/C9H12O4/c1-3-7(9(12)13)5-4-6(2)8(10)11/h5H,2-4H2,1H3,(H,10,11)(H,12,13). The van der Waals surface area contributed by atoms with Crippen molar-refractivity contribution in [1.29, 1.82) is 0 Å². The van der Waals surface area contributed by atoms with Gasteiger partial charge in [0, 0.05) is 11.1 Å². The minimum atomic E-state index is -1.10. The van der Waals surface area contributed by atoms with Gasteiger partial charge in [0.2, 0.25) is 0 Å². The Bertz CT molecular complexity index is 263. The maximum Gasteiger partial charge on any atom is 0.331 e. The Morgan fingerprint density at radius 3 is 2.15 bits per heavy atom. The van der Waals surface area contributed by atoms with Gasteiger partial charge in [-0.3, -0.25) is 0 Å². The van der Waals surface area contributed by atoms with Crippen molar-refractivity contribution >= 4 is 11.9 Å². The Hall–Kier alpha value is -1.58. The zero-order valence-electron chi connectivity index (χ0n) is 7.41. The van der Waals surface area contributed by atoms with Crippen LogP contribution in [0, 0.1) is 0 Å². The fourth-order valence-corrected chi connectivity index (χ4v) is 0.717. The first kappa shape index (κ1) is 11.4. The molecule has 0 fully saturated rings. The quantitative estimate of drug-likeness (QED) is 0.634. The van der Waals surface area contributed by atoms with Gasteiger partial charge >= 0.3 is 11.9 Å². The SMILES string of the molecule is C=C(CC=C(CC)C(=O)O)C(=O)O. The summed E-state index contributed by atoms with van der Waals surface area (Å²) in [7, 11) is 0. The lowest BCUT2D eigenvalue weighted by Crippen LogP contribution is -2.01. The molecule has 4 nitrogen and oxygen atoms in total. The molecular formula is C9H12O4. The zero-order chi connectivity index (χ0) is 10.4. The van der Waals surface area contributed by atoms with E-state index in [2.05, 4.69) is 6.58 Å². The Morgan fingerprint density at radius 2 is 1.85 bits per heavy atom. The van der Waals surface area contributed by atoms with Crippen molar-refractivity contribution in [3.05, 3.63) is 23.8 Å². The van der Waals surface area contributed by atoms with Crippen molar-refractivity contribution in [3.8, 4) is 0 Å². The van der Waals surface area contributed by atoms with Crippen LogP contribution in [0.3, 0.4) is 0 Å². The predicted molar refractivity (Wildman–Crippen MR) is 47.4 cm³/mol. The highest BCUT2D eigenvalue weighted by Crippen LogP contribution is 2.06. The molecule has 0 unspecified atom stereocenters. The van der Waals surface area contributed by atoms with Crippen molar-refractivity contribution in [2.24, 2.45) is 0 Å². The molecule has 0 saturated heterocycles. The second kappa shape index (κ2) is 5.13. The van der Waals surface area contributed by atoms with E-state index in [0.717, 1.165) is 0 Å². The molecule has 0 rings (SSSR count). The van der Waals surface area contributed by atoms with Crippen LogP contribution >= 0.6 is 0 Å². The molecule has 0 aliphatic carbocycles. The lowest BCUT2D eigenvalue weighted by atomic mass is 10.1. The summed E-state index contributed by atoms with van der Waals surface area (Å²) in [5.74, 6) is -2.11. The molecule has 0 atom stereocenters. The van der Waals surface area contributed by atoms with Crippen LogP contribution in [0.25, 0.3) is 0 Å².